The van der Waals surface area contributed by atoms with Gasteiger partial charge in [-0.2, -0.15) is 0 Å². The zero-order chi connectivity index (χ0) is 12.8. The number of hydrogen-bond donors (Lipinski definition) is 0. The molecule has 0 saturated carbocycles. The first-order valence-electron chi connectivity index (χ1n) is 5.79. The molecule has 18 heavy (non-hydrogen) atoms. The lowest BCUT2D eigenvalue weighted by molar-refractivity contribution is 0.296. The van der Waals surface area contributed by atoms with Gasteiger partial charge in [0, 0.05) is 11.2 Å². The second-order valence-corrected chi connectivity index (χ2v) is 5.81. The Morgan fingerprint density at radius 3 is 2.33 bits per heavy atom. The van der Waals surface area contributed by atoms with Gasteiger partial charge in [-0.15, -0.1) is 0 Å². The largest absolute Gasteiger partial charge is 0.492 e. The monoisotopic (exact) mass is 416 g/mol. The molecule has 1 atom stereocenters. The van der Waals surface area contributed by atoms with Crippen LogP contribution in [-0.4, -0.2) is 11.9 Å². The minimum atomic E-state index is 0.377. The van der Waals surface area contributed by atoms with Gasteiger partial charge >= 0.3 is 0 Å². The van der Waals surface area contributed by atoms with Gasteiger partial charge in [0.15, 0.2) is 0 Å². The van der Waals surface area contributed by atoms with Crippen LogP contribution in [0.4, 0.5) is 0 Å². The van der Waals surface area contributed by atoms with Crippen LogP contribution in [0.15, 0.2) is 54.6 Å². The van der Waals surface area contributed by atoms with Crippen molar-refractivity contribution in [1.82, 2.24) is 0 Å². The van der Waals surface area contributed by atoms with E-state index in [9.17, 15) is 0 Å². The Balaban J connectivity index is 2.02. The van der Waals surface area contributed by atoms with Crippen LogP contribution in [0, 0.1) is 3.57 Å². The van der Waals surface area contributed by atoms with E-state index in [4.69, 9.17) is 4.74 Å². The average Bonchev–Trinajstić information content (AvgIpc) is 2.42. The molecule has 0 saturated heterocycles. The van der Waals surface area contributed by atoms with Crippen molar-refractivity contribution >= 4 is 38.5 Å². The van der Waals surface area contributed by atoms with Crippen molar-refractivity contribution < 1.29 is 4.74 Å². The first-order chi connectivity index (χ1) is 8.81. The summed E-state index contributed by atoms with van der Waals surface area (Å²) in [6, 6.07) is 18.6. The number of halogens is 2. The molecule has 0 bridgehead atoms. The lowest BCUT2D eigenvalue weighted by Crippen LogP contribution is -2.12. The van der Waals surface area contributed by atoms with E-state index in [1.807, 2.05) is 24.3 Å². The first-order valence-corrected chi connectivity index (χ1v) is 7.99. The van der Waals surface area contributed by atoms with Crippen LogP contribution in [0.5, 0.6) is 5.75 Å². The molecule has 0 N–H and O–H groups in total. The number of ether oxygens (including phenoxy) is 1. The maximum absolute atomic E-state index is 5.91. The molecule has 2 aromatic carbocycles. The highest BCUT2D eigenvalue weighted by molar-refractivity contribution is 14.1. The van der Waals surface area contributed by atoms with Gasteiger partial charge in [-0.1, -0.05) is 58.4 Å². The summed E-state index contributed by atoms with van der Waals surface area (Å²) in [5.74, 6) is 1.34. The first kappa shape index (κ1) is 13.9. The molecule has 2 aromatic rings. The van der Waals surface area contributed by atoms with E-state index in [0.717, 1.165) is 14.6 Å². The molecule has 0 fully saturated rings. The summed E-state index contributed by atoms with van der Waals surface area (Å²) in [6.07, 6.45) is 0. The number of para-hydroxylation sites is 1. The smallest absolute Gasteiger partial charge is 0.132 e. The van der Waals surface area contributed by atoms with Crippen molar-refractivity contribution in [3.63, 3.8) is 0 Å². The maximum Gasteiger partial charge on any atom is 0.132 e. The van der Waals surface area contributed by atoms with Crippen molar-refractivity contribution in [3.8, 4) is 5.75 Å². The standard InChI is InChI=1S/C15H14BrIO/c16-10-13(12-6-2-1-3-7-12)11-18-15-9-5-4-8-14(15)17/h1-9,13H,10-11H2. The highest BCUT2D eigenvalue weighted by Gasteiger charge is 2.11. The summed E-state index contributed by atoms with van der Waals surface area (Å²) in [4.78, 5) is 0. The molecule has 0 spiro atoms. The second-order valence-electron chi connectivity index (χ2n) is 4.00. The summed E-state index contributed by atoms with van der Waals surface area (Å²) in [5.41, 5.74) is 1.31. The lowest BCUT2D eigenvalue weighted by atomic mass is 10.0. The summed E-state index contributed by atoms with van der Waals surface area (Å²) in [5, 5.41) is 0.903. The van der Waals surface area contributed by atoms with E-state index < -0.39 is 0 Å². The van der Waals surface area contributed by atoms with E-state index >= 15 is 0 Å². The Morgan fingerprint density at radius 2 is 1.67 bits per heavy atom. The molecular weight excluding hydrogens is 403 g/mol. The van der Waals surface area contributed by atoms with Gasteiger partial charge in [-0.3, -0.25) is 0 Å². The quantitative estimate of drug-likeness (QED) is 0.500. The molecule has 0 radical (unpaired) electrons. The normalized spacial score (nSPS) is 12.1. The molecule has 0 amide bonds. The van der Waals surface area contributed by atoms with E-state index in [1.165, 1.54) is 5.56 Å². The average molecular weight is 417 g/mol. The van der Waals surface area contributed by atoms with Crippen LogP contribution in [0.1, 0.15) is 11.5 Å². The van der Waals surface area contributed by atoms with Gasteiger partial charge in [0.2, 0.25) is 0 Å². The fourth-order valence-electron chi connectivity index (χ4n) is 1.71. The highest BCUT2D eigenvalue weighted by Crippen LogP contribution is 2.23. The second kappa shape index (κ2) is 7.14. The molecule has 94 valence electrons. The summed E-state index contributed by atoms with van der Waals surface area (Å²) in [7, 11) is 0. The Morgan fingerprint density at radius 1 is 1.00 bits per heavy atom. The summed E-state index contributed by atoms with van der Waals surface area (Å²) >= 11 is 5.86. The van der Waals surface area contributed by atoms with E-state index in [2.05, 4.69) is 68.9 Å². The van der Waals surface area contributed by atoms with E-state index in [-0.39, 0.29) is 0 Å². The molecule has 0 aliphatic rings. The lowest BCUT2D eigenvalue weighted by Gasteiger charge is -2.16. The Hall–Kier alpha value is -0.550. The Bertz CT molecular complexity index is 487. The van der Waals surface area contributed by atoms with Crippen molar-refractivity contribution in [3.05, 3.63) is 63.7 Å². The third-order valence-electron chi connectivity index (χ3n) is 2.73. The number of hydrogen-bond acceptors (Lipinski definition) is 1. The molecule has 1 unspecified atom stereocenters. The van der Waals surface area contributed by atoms with Crippen molar-refractivity contribution in [2.75, 3.05) is 11.9 Å². The van der Waals surface area contributed by atoms with Gasteiger partial charge in [0.1, 0.15) is 5.75 Å². The summed E-state index contributed by atoms with van der Waals surface area (Å²) < 4.78 is 7.06. The van der Waals surface area contributed by atoms with Gasteiger partial charge in [-0.05, 0) is 40.3 Å². The third-order valence-corrected chi connectivity index (χ3v) is 4.41. The minimum Gasteiger partial charge on any atom is -0.492 e. The highest BCUT2D eigenvalue weighted by atomic mass is 127. The van der Waals surface area contributed by atoms with Crippen molar-refractivity contribution in [1.29, 1.82) is 0 Å². The van der Waals surface area contributed by atoms with Gasteiger partial charge < -0.3 is 4.74 Å². The Kier molecular flexibility index (Phi) is 5.50. The molecule has 0 aliphatic carbocycles. The zero-order valence-corrected chi connectivity index (χ0v) is 13.6. The van der Waals surface area contributed by atoms with Crippen LogP contribution >= 0.6 is 38.5 Å². The minimum absolute atomic E-state index is 0.377. The maximum atomic E-state index is 5.91. The van der Waals surface area contributed by atoms with Crippen LogP contribution in [-0.2, 0) is 0 Å². The van der Waals surface area contributed by atoms with Crippen molar-refractivity contribution in [2.24, 2.45) is 0 Å². The van der Waals surface area contributed by atoms with Crippen LogP contribution < -0.4 is 4.74 Å². The zero-order valence-electron chi connectivity index (χ0n) is 9.85. The molecule has 0 aromatic heterocycles. The van der Waals surface area contributed by atoms with Crippen molar-refractivity contribution in [2.45, 2.75) is 5.92 Å². The molecular formula is C15H14BrIO. The predicted octanol–water partition coefficient (Wildman–Crippen LogP) is 4.85. The Labute approximate surface area is 130 Å². The molecule has 0 heterocycles. The van der Waals surface area contributed by atoms with Gasteiger partial charge in [0.25, 0.3) is 0 Å². The van der Waals surface area contributed by atoms with E-state index in [0.29, 0.717) is 12.5 Å². The van der Waals surface area contributed by atoms with E-state index in [1.54, 1.807) is 0 Å². The molecule has 0 aliphatic heterocycles. The number of rotatable bonds is 5. The SMILES string of the molecule is BrCC(COc1ccccc1I)c1ccccc1. The molecule has 3 heteroatoms. The third kappa shape index (κ3) is 3.72. The van der Waals surface area contributed by atoms with Crippen LogP contribution in [0.2, 0.25) is 0 Å². The number of benzene rings is 2. The number of alkyl halides is 1. The van der Waals surface area contributed by atoms with Crippen LogP contribution in [0.25, 0.3) is 0 Å². The van der Waals surface area contributed by atoms with Gasteiger partial charge in [-0.25, -0.2) is 0 Å². The molecule has 1 nitrogen and oxygen atoms in total. The molecule has 2 rings (SSSR count). The fourth-order valence-corrected chi connectivity index (χ4v) is 2.81. The summed E-state index contributed by atoms with van der Waals surface area (Å²) in [6.45, 7) is 0.690. The van der Waals surface area contributed by atoms with Gasteiger partial charge in [0.05, 0.1) is 10.2 Å². The van der Waals surface area contributed by atoms with Crippen LogP contribution in [0.3, 0.4) is 0 Å². The predicted molar refractivity (Wildman–Crippen MR) is 87.6 cm³/mol. The topological polar surface area (TPSA) is 9.23 Å². The fraction of sp³-hybridized carbons (Fsp3) is 0.200.